The van der Waals surface area contributed by atoms with E-state index in [1.54, 1.807) is 0 Å². The van der Waals surface area contributed by atoms with Crippen molar-refractivity contribution < 1.29 is 14.7 Å². The number of carbonyl (C=O) groups excluding carboxylic acids is 2. The molecule has 2 N–H and O–H groups in total. The average Bonchev–Trinajstić information content (AvgIpc) is 3.19. The number of carbonyl (C=O) groups is 2. The molecule has 0 unspecified atom stereocenters. The second-order valence-corrected chi connectivity index (χ2v) is 7.89. The summed E-state index contributed by atoms with van der Waals surface area (Å²) in [6.45, 7) is 0.548. The third-order valence-electron chi connectivity index (χ3n) is 6.45. The molecule has 2 atom stereocenters. The van der Waals surface area contributed by atoms with Gasteiger partial charge in [-0.15, -0.1) is 0 Å². The van der Waals surface area contributed by atoms with Gasteiger partial charge in [0, 0.05) is 18.2 Å². The average molecular weight is 362 g/mol. The number of likely N-dealkylation sites (tertiary alicyclic amines) is 1. The van der Waals surface area contributed by atoms with E-state index in [-0.39, 0.29) is 29.9 Å². The number of rotatable bonds is 2. The van der Waals surface area contributed by atoms with Crippen LogP contribution in [0.5, 0.6) is 0 Å². The summed E-state index contributed by atoms with van der Waals surface area (Å²) in [5.74, 6) is -0.106. The van der Waals surface area contributed by atoms with E-state index in [0.717, 1.165) is 16.8 Å². The maximum absolute atomic E-state index is 13.2. The van der Waals surface area contributed by atoms with E-state index in [2.05, 4.69) is 5.32 Å². The molecule has 2 aromatic carbocycles. The van der Waals surface area contributed by atoms with Crippen molar-refractivity contribution in [1.29, 1.82) is 0 Å². The Bertz CT molecular complexity index is 907. The first-order chi connectivity index (χ1) is 13.1. The summed E-state index contributed by atoms with van der Waals surface area (Å²) in [7, 11) is 0. The van der Waals surface area contributed by atoms with E-state index in [9.17, 15) is 14.7 Å². The lowest BCUT2D eigenvalue weighted by Crippen LogP contribution is -2.47. The lowest BCUT2D eigenvalue weighted by Gasteiger charge is -2.39. The molecule has 5 rings (SSSR count). The normalized spacial score (nSPS) is 31.5. The van der Waals surface area contributed by atoms with Crippen LogP contribution >= 0.6 is 0 Å². The first-order valence-corrected chi connectivity index (χ1v) is 9.56. The molecule has 1 saturated heterocycles. The molecule has 27 heavy (non-hydrogen) atoms. The summed E-state index contributed by atoms with van der Waals surface area (Å²) in [5, 5.41) is 12.7. The molecule has 2 fully saturated rings. The molecular formula is C22H22N2O3. The van der Waals surface area contributed by atoms with Gasteiger partial charge < -0.3 is 15.3 Å². The van der Waals surface area contributed by atoms with Crippen LogP contribution in [0.1, 0.15) is 36.4 Å². The van der Waals surface area contributed by atoms with Gasteiger partial charge in [0.1, 0.15) is 5.41 Å². The molecule has 2 heterocycles. The zero-order chi connectivity index (χ0) is 18.6. The molecule has 0 bridgehead atoms. The lowest BCUT2D eigenvalue weighted by molar-refractivity contribution is -0.144. The van der Waals surface area contributed by atoms with Crippen molar-refractivity contribution in [2.24, 2.45) is 5.92 Å². The summed E-state index contributed by atoms with van der Waals surface area (Å²) in [6, 6.07) is 17.3. The van der Waals surface area contributed by atoms with E-state index in [1.165, 1.54) is 0 Å². The molecule has 5 heteroatoms. The highest BCUT2D eigenvalue weighted by Crippen LogP contribution is 2.55. The Morgan fingerprint density at radius 3 is 2.52 bits per heavy atom. The van der Waals surface area contributed by atoms with Gasteiger partial charge >= 0.3 is 0 Å². The maximum Gasteiger partial charge on any atom is 0.237 e. The quantitative estimate of drug-likeness (QED) is 0.863. The third kappa shape index (κ3) is 2.28. The molecule has 1 spiro atoms. The molecule has 2 aromatic rings. The van der Waals surface area contributed by atoms with Gasteiger partial charge in [-0.2, -0.15) is 0 Å². The second-order valence-electron chi connectivity index (χ2n) is 7.89. The van der Waals surface area contributed by atoms with Crippen LogP contribution in [0.3, 0.4) is 0 Å². The van der Waals surface area contributed by atoms with Crippen LogP contribution in [0, 0.1) is 5.92 Å². The maximum atomic E-state index is 13.2. The minimum Gasteiger partial charge on any atom is -0.393 e. The number of anilines is 1. The number of para-hydroxylation sites is 1. The Labute approximate surface area is 158 Å². The molecule has 2 amide bonds. The van der Waals surface area contributed by atoms with Crippen LogP contribution in [0.4, 0.5) is 5.69 Å². The van der Waals surface area contributed by atoms with Gasteiger partial charge in [0.15, 0.2) is 0 Å². The van der Waals surface area contributed by atoms with E-state index < -0.39 is 5.41 Å². The van der Waals surface area contributed by atoms with Crippen molar-refractivity contribution in [3.63, 3.8) is 0 Å². The number of hydrogen-bond donors (Lipinski definition) is 2. The van der Waals surface area contributed by atoms with E-state index in [0.29, 0.717) is 25.8 Å². The Hall–Kier alpha value is -2.66. The summed E-state index contributed by atoms with van der Waals surface area (Å²) in [5.41, 5.74) is 2.05. The van der Waals surface area contributed by atoms with Crippen LogP contribution in [0.2, 0.25) is 0 Å². The standard InChI is InChI=1S/C22H22N2O3/c25-16-12-15(13-16)20(26)24-11-10-22(19(24)14-6-2-1-3-7-14)17-8-4-5-9-18(17)23-21(22)27/h1-9,15-16,19,25H,10-13H2,(H,23,27)/t15?,16?,19-,22+/m0/s1. The van der Waals surface area contributed by atoms with E-state index >= 15 is 0 Å². The van der Waals surface area contributed by atoms with E-state index in [1.807, 2.05) is 59.5 Å². The molecule has 138 valence electrons. The van der Waals surface area contributed by atoms with Crippen LogP contribution in [-0.2, 0) is 15.0 Å². The van der Waals surface area contributed by atoms with Gasteiger partial charge in [-0.1, -0.05) is 48.5 Å². The topological polar surface area (TPSA) is 69.6 Å². The van der Waals surface area contributed by atoms with Crippen LogP contribution in [0.15, 0.2) is 54.6 Å². The largest absolute Gasteiger partial charge is 0.393 e. The zero-order valence-corrected chi connectivity index (χ0v) is 15.0. The third-order valence-corrected chi connectivity index (χ3v) is 6.45. The predicted molar refractivity (Wildman–Crippen MR) is 101 cm³/mol. The van der Waals surface area contributed by atoms with Crippen molar-refractivity contribution in [2.45, 2.75) is 36.8 Å². The molecule has 1 saturated carbocycles. The molecule has 0 aromatic heterocycles. The monoisotopic (exact) mass is 362 g/mol. The van der Waals surface area contributed by atoms with Gasteiger partial charge in [0.25, 0.3) is 0 Å². The smallest absolute Gasteiger partial charge is 0.237 e. The Morgan fingerprint density at radius 2 is 1.78 bits per heavy atom. The van der Waals surface area contributed by atoms with Crippen molar-refractivity contribution in [3.8, 4) is 0 Å². The number of benzene rings is 2. The molecule has 3 aliphatic rings. The van der Waals surface area contributed by atoms with E-state index in [4.69, 9.17) is 0 Å². The van der Waals surface area contributed by atoms with Crippen molar-refractivity contribution >= 4 is 17.5 Å². The highest BCUT2D eigenvalue weighted by Gasteiger charge is 2.60. The highest BCUT2D eigenvalue weighted by atomic mass is 16.3. The van der Waals surface area contributed by atoms with Crippen LogP contribution < -0.4 is 5.32 Å². The minimum atomic E-state index is -0.754. The fraction of sp³-hybridized carbons (Fsp3) is 0.364. The summed E-state index contributed by atoms with van der Waals surface area (Å²) in [4.78, 5) is 28.3. The first-order valence-electron chi connectivity index (χ1n) is 9.56. The van der Waals surface area contributed by atoms with Gasteiger partial charge in [-0.3, -0.25) is 9.59 Å². The highest BCUT2D eigenvalue weighted by molar-refractivity contribution is 6.07. The molecule has 5 nitrogen and oxygen atoms in total. The van der Waals surface area contributed by atoms with Crippen molar-refractivity contribution in [3.05, 3.63) is 65.7 Å². The Morgan fingerprint density at radius 1 is 1.07 bits per heavy atom. The number of aliphatic hydroxyl groups excluding tert-OH is 1. The summed E-state index contributed by atoms with van der Waals surface area (Å²) >= 11 is 0. The summed E-state index contributed by atoms with van der Waals surface area (Å²) in [6.07, 6.45) is 1.27. The van der Waals surface area contributed by atoms with Crippen LogP contribution in [0.25, 0.3) is 0 Å². The predicted octanol–water partition coefficient (Wildman–Crippen LogP) is 2.62. The fourth-order valence-electron chi connectivity index (χ4n) is 5.05. The number of aliphatic hydroxyl groups is 1. The number of fused-ring (bicyclic) bond motifs is 2. The molecule has 2 aliphatic heterocycles. The number of nitrogens with zero attached hydrogens (tertiary/aromatic N) is 1. The number of hydrogen-bond acceptors (Lipinski definition) is 3. The Balaban J connectivity index is 1.62. The molecular weight excluding hydrogens is 340 g/mol. The van der Waals surface area contributed by atoms with Crippen LogP contribution in [-0.4, -0.2) is 34.5 Å². The fourth-order valence-corrected chi connectivity index (χ4v) is 5.05. The lowest BCUT2D eigenvalue weighted by atomic mass is 9.72. The first kappa shape index (κ1) is 16.5. The van der Waals surface area contributed by atoms with Crippen molar-refractivity contribution in [1.82, 2.24) is 4.90 Å². The number of nitrogens with one attached hydrogen (secondary N) is 1. The summed E-state index contributed by atoms with van der Waals surface area (Å²) < 4.78 is 0. The second kappa shape index (κ2) is 5.92. The molecule has 0 radical (unpaired) electrons. The van der Waals surface area contributed by atoms with Gasteiger partial charge in [0.05, 0.1) is 12.1 Å². The molecule has 1 aliphatic carbocycles. The minimum absolute atomic E-state index is 0.0264. The number of amides is 2. The van der Waals surface area contributed by atoms with Gasteiger partial charge in [-0.25, -0.2) is 0 Å². The van der Waals surface area contributed by atoms with Crippen molar-refractivity contribution in [2.75, 3.05) is 11.9 Å². The zero-order valence-electron chi connectivity index (χ0n) is 15.0. The Kier molecular flexibility index (Phi) is 3.62. The van der Waals surface area contributed by atoms with Gasteiger partial charge in [0.2, 0.25) is 11.8 Å². The van der Waals surface area contributed by atoms with Gasteiger partial charge in [-0.05, 0) is 36.5 Å². The SMILES string of the molecule is O=C(C1CC(O)C1)N1CC[C@]2(C(=O)Nc3ccccc32)[C@@H]1c1ccccc1.